The van der Waals surface area contributed by atoms with Crippen LogP contribution in [-0.4, -0.2) is 21.2 Å². The van der Waals surface area contributed by atoms with Crippen LogP contribution in [0.4, 0.5) is 8.78 Å². The van der Waals surface area contributed by atoms with Gasteiger partial charge in [-0.3, -0.25) is 4.79 Å². The first kappa shape index (κ1) is 10.4. The predicted molar refractivity (Wildman–Crippen MR) is 42.2 cm³/mol. The lowest BCUT2D eigenvalue weighted by Crippen LogP contribution is -2.04. The van der Waals surface area contributed by atoms with Crippen LogP contribution in [0, 0.1) is 0 Å². The molecule has 76 valence electrons. The van der Waals surface area contributed by atoms with E-state index in [2.05, 4.69) is 4.98 Å². The molecule has 14 heavy (non-hydrogen) atoms. The van der Waals surface area contributed by atoms with Gasteiger partial charge in [0, 0.05) is 0 Å². The zero-order valence-electron chi connectivity index (χ0n) is 6.94. The zero-order chi connectivity index (χ0) is 10.7. The van der Waals surface area contributed by atoms with Crippen molar-refractivity contribution in [2.24, 2.45) is 0 Å². The molecule has 0 unspecified atom stereocenters. The Bertz CT molecular complexity index is 354. The van der Waals surface area contributed by atoms with Gasteiger partial charge < -0.3 is 10.2 Å². The van der Waals surface area contributed by atoms with Crippen molar-refractivity contribution in [3.05, 3.63) is 23.5 Å². The third-order valence-electron chi connectivity index (χ3n) is 1.50. The molecule has 0 saturated carbocycles. The van der Waals surface area contributed by atoms with E-state index in [1.54, 1.807) is 0 Å². The highest BCUT2D eigenvalue weighted by Gasteiger charge is 2.15. The minimum Gasteiger partial charge on any atom is -0.506 e. The van der Waals surface area contributed by atoms with Crippen LogP contribution in [0.3, 0.4) is 0 Å². The summed E-state index contributed by atoms with van der Waals surface area (Å²) in [4.78, 5) is 13.6. The molecule has 0 amide bonds. The van der Waals surface area contributed by atoms with Gasteiger partial charge in [0.15, 0.2) is 0 Å². The summed E-state index contributed by atoms with van der Waals surface area (Å²) in [5.41, 5.74) is -0.797. The average molecular weight is 203 g/mol. The molecular weight excluding hydrogens is 196 g/mol. The van der Waals surface area contributed by atoms with Crippen LogP contribution in [0.25, 0.3) is 0 Å². The molecule has 4 nitrogen and oxygen atoms in total. The Morgan fingerprint density at radius 3 is 2.64 bits per heavy atom. The molecule has 1 heterocycles. The number of halogens is 2. The minimum absolute atomic E-state index is 0.00870. The summed E-state index contributed by atoms with van der Waals surface area (Å²) >= 11 is 0. The lowest BCUT2D eigenvalue weighted by molar-refractivity contribution is -0.136. The summed E-state index contributed by atoms with van der Waals surface area (Å²) in [6, 6.07) is 2.20. The van der Waals surface area contributed by atoms with Gasteiger partial charge in [-0.1, -0.05) is 0 Å². The van der Waals surface area contributed by atoms with Crippen molar-refractivity contribution < 1.29 is 23.8 Å². The third kappa shape index (κ3) is 2.38. The first-order valence-electron chi connectivity index (χ1n) is 3.69. The molecule has 0 aromatic carbocycles. The molecule has 1 aromatic rings. The number of rotatable bonds is 3. The Morgan fingerprint density at radius 2 is 2.14 bits per heavy atom. The van der Waals surface area contributed by atoms with Crippen molar-refractivity contribution in [2.45, 2.75) is 12.8 Å². The number of carboxylic acid groups (broad SMARTS) is 1. The molecule has 0 bridgehead atoms. The monoisotopic (exact) mass is 203 g/mol. The fourth-order valence-corrected chi connectivity index (χ4v) is 0.924. The highest BCUT2D eigenvalue weighted by atomic mass is 19.3. The van der Waals surface area contributed by atoms with Crippen molar-refractivity contribution in [3.8, 4) is 5.75 Å². The van der Waals surface area contributed by atoms with Gasteiger partial charge in [0.25, 0.3) is 6.43 Å². The molecular formula is C8H7F2NO3. The van der Waals surface area contributed by atoms with Crippen molar-refractivity contribution in [1.29, 1.82) is 0 Å². The second-order valence-corrected chi connectivity index (χ2v) is 2.58. The Balaban J connectivity index is 3.00. The first-order valence-corrected chi connectivity index (χ1v) is 3.69. The second kappa shape index (κ2) is 3.99. The van der Waals surface area contributed by atoms with E-state index in [4.69, 9.17) is 10.2 Å². The molecule has 0 atom stereocenters. The van der Waals surface area contributed by atoms with Gasteiger partial charge >= 0.3 is 5.97 Å². The van der Waals surface area contributed by atoms with E-state index in [9.17, 15) is 13.6 Å². The maximum atomic E-state index is 12.2. The third-order valence-corrected chi connectivity index (χ3v) is 1.50. The molecule has 0 radical (unpaired) electrons. The number of aromatic hydroxyl groups is 1. The van der Waals surface area contributed by atoms with Crippen LogP contribution in [0.1, 0.15) is 17.8 Å². The minimum atomic E-state index is -2.91. The zero-order valence-corrected chi connectivity index (χ0v) is 6.94. The van der Waals surface area contributed by atoms with Crippen molar-refractivity contribution in [2.75, 3.05) is 0 Å². The molecule has 0 aliphatic heterocycles. The Morgan fingerprint density at radius 1 is 1.50 bits per heavy atom. The van der Waals surface area contributed by atoms with E-state index in [-0.39, 0.29) is 5.69 Å². The summed E-state index contributed by atoms with van der Waals surface area (Å²) in [6.45, 7) is 0. The van der Waals surface area contributed by atoms with Gasteiger partial charge in [0.1, 0.15) is 11.4 Å². The van der Waals surface area contributed by atoms with Gasteiger partial charge in [0.2, 0.25) is 0 Å². The maximum absolute atomic E-state index is 12.2. The number of carboxylic acids is 1. The van der Waals surface area contributed by atoms with Crippen molar-refractivity contribution in [1.82, 2.24) is 4.98 Å². The summed E-state index contributed by atoms with van der Waals surface area (Å²) < 4.78 is 24.4. The van der Waals surface area contributed by atoms with E-state index < -0.39 is 30.3 Å². The van der Waals surface area contributed by atoms with E-state index >= 15 is 0 Å². The SMILES string of the molecule is O=C(O)Cc1ccc(O)c(C(F)F)n1. The molecule has 0 aliphatic carbocycles. The van der Waals surface area contributed by atoms with E-state index in [1.165, 1.54) is 6.07 Å². The van der Waals surface area contributed by atoms with Gasteiger partial charge in [-0.2, -0.15) is 0 Å². The standard InChI is InChI=1S/C8H7F2NO3/c9-8(10)7-5(12)2-1-4(11-7)3-6(13)14/h1-2,8,12H,3H2,(H,13,14). The van der Waals surface area contributed by atoms with Gasteiger partial charge in [-0.15, -0.1) is 0 Å². The lowest BCUT2D eigenvalue weighted by atomic mass is 10.2. The molecule has 0 fully saturated rings. The molecule has 6 heteroatoms. The number of pyridine rings is 1. The summed E-state index contributed by atoms with van der Waals surface area (Å²) in [5.74, 6) is -1.79. The largest absolute Gasteiger partial charge is 0.506 e. The lowest BCUT2D eigenvalue weighted by Gasteiger charge is -2.03. The molecule has 0 aliphatic rings. The van der Waals surface area contributed by atoms with Crippen LogP contribution in [-0.2, 0) is 11.2 Å². The van der Waals surface area contributed by atoms with E-state index in [1.807, 2.05) is 0 Å². The quantitative estimate of drug-likeness (QED) is 0.777. The summed E-state index contributed by atoms with van der Waals surface area (Å²) in [7, 11) is 0. The number of hydrogen-bond donors (Lipinski definition) is 2. The van der Waals surface area contributed by atoms with Crippen LogP contribution < -0.4 is 0 Å². The van der Waals surface area contributed by atoms with E-state index in [0.717, 1.165) is 6.07 Å². The van der Waals surface area contributed by atoms with Crippen molar-refractivity contribution in [3.63, 3.8) is 0 Å². The number of nitrogens with zero attached hydrogens (tertiary/aromatic N) is 1. The first-order chi connectivity index (χ1) is 6.50. The van der Waals surface area contributed by atoms with Gasteiger partial charge in [-0.05, 0) is 12.1 Å². The molecule has 2 N–H and O–H groups in total. The number of hydrogen-bond acceptors (Lipinski definition) is 3. The maximum Gasteiger partial charge on any atom is 0.309 e. The predicted octanol–water partition coefficient (Wildman–Crippen LogP) is 1.35. The molecule has 1 aromatic heterocycles. The number of aliphatic carboxylic acids is 1. The van der Waals surface area contributed by atoms with Crippen LogP contribution in [0.15, 0.2) is 12.1 Å². The fourth-order valence-electron chi connectivity index (χ4n) is 0.924. The van der Waals surface area contributed by atoms with Crippen molar-refractivity contribution >= 4 is 5.97 Å². The smallest absolute Gasteiger partial charge is 0.309 e. The summed E-state index contributed by atoms with van der Waals surface area (Å²) in [5, 5.41) is 17.3. The highest BCUT2D eigenvalue weighted by Crippen LogP contribution is 2.25. The number of alkyl halides is 2. The Hall–Kier alpha value is -1.72. The number of carbonyl (C=O) groups is 1. The number of aromatic nitrogens is 1. The van der Waals surface area contributed by atoms with Crippen LogP contribution in [0.2, 0.25) is 0 Å². The normalized spacial score (nSPS) is 10.5. The average Bonchev–Trinajstić information content (AvgIpc) is 2.07. The summed E-state index contributed by atoms with van der Waals surface area (Å²) in [6.07, 6.45) is -3.36. The fraction of sp³-hybridized carbons (Fsp3) is 0.250. The Kier molecular flexibility index (Phi) is 2.95. The topological polar surface area (TPSA) is 70.4 Å². The van der Waals surface area contributed by atoms with Gasteiger partial charge in [0.05, 0.1) is 12.1 Å². The molecule has 0 saturated heterocycles. The van der Waals surface area contributed by atoms with Crippen LogP contribution in [0.5, 0.6) is 5.75 Å². The van der Waals surface area contributed by atoms with Crippen LogP contribution >= 0.6 is 0 Å². The molecule has 1 rings (SSSR count). The second-order valence-electron chi connectivity index (χ2n) is 2.58. The van der Waals surface area contributed by atoms with E-state index in [0.29, 0.717) is 0 Å². The highest BCUT2D eigenvalue weighted by molar-refractivity contribution is 5.69. The molecule has 0 spiro atoms. The van der Waals surface area contributed by atoms with Gasteiger partial charge in [-0.25, -0.2) is 13.8 Å². The Labute approximate surface area is 77.8 Å².